The van der Waals surface area contributed by atoms with Crippen LogP contribution in [0.5, 0.6) is 0 Å². The fourth-order valence-electron chi connectivity index (χ4n) is 2.51. The van der Waals surface area contributed by atoms with E-state index in [1.165, 1.54) is 11.5 Å². The van der Waals surface area contributed by atoms with Gasteiger partial charge in [-0.15, -0.1) is 0 Å². The lowest BCUT2D eigenvalue weighted by molar-refractivity contribution is 0.0677. The van der Waals surface area contributed by atoms with Gasteiger partial charge in [0.25, 0.3) is 0 Å². The average Bonchev–Trinajstić information content (AvgIpc) is 3.08. The maximum atomic E-state index is 11.3. The van der Waals surface area contributed by atoms with Gasteiger partial charge in [0, 0.05) is 18.2 Å². The van der Waals surface area contributed by atoms with Crippen LogP contribution in [-0.4, -0.2) is 28.9 Å². The van der Waals surface area contributed by atoms with E-state index in [1.807, 2.05) is 24.3 Å². The van der Waals surface area contributed by atoms with Crippen molar-refractivity contribution in [2.75, 3.05) is 6.61 Å². The fourth-order valence-corrected chi connectivity index (χ4v) is 2.51. The zero-order valence-corrected chi connectivity index (χ0v) is 14.0. The first-order valence-corrected chi connectivity index (χ1v) is 8.01. The summed E-state index contributed by atoms with van der Waals surface area (Å²) < 4.78 is 5.40. The van der Waals surface area contributed by atoms with Gasteiger partial charge < -0.3 is 14.8 Å². The van der Waals surface area contributed by atoms with Crippen molar-refractivity contribution in [3.63, 3.8) is 0 Å². The van der Waals surface area contributed by atoms with Crippen LogP contribution in [0.3, 0.4) is 0 Å². The predicted octanol–water partition coefficient (Wildman–Crippen LogP) is 2.56. The zero-order chi connectivity index (χ0) is 17.5. The molecule has 2 rings (SSSR count). The Kier molecular flexibility index (Phi) is 6.54. The normalized spacial score (nSPS) is 12.4. The van der Waals surface area contributed by atoms with Crippen LogP contribution in [0, 0.1) is 5.92 Å². The SMILES string of the molecule is CC(C)C[C@H](CO)NCc1ccc(-c2ccc(C(=O)NO)o2)cc1. The first-order chi connectivity index (χ1) is 11.5. The Hall–Kier alpha value is -2.15. The second kappa shape index (κ2) is 8.63. The molecule has 6 heteroatoms. The number of aliphatic hydroxyl groups excluding tert-OH is 1. The van der Waals surface area contributed by atoms with Gasteiger partial charge in [-0.2, -0.15) is 0 Å². The largest absolute Gasteiger partial charge is 0.451 e. The molecule has 0 radical (unpaired) electrons. The molecule has 1 aromatic heterocycles. The number of furan rings is 1. The monoisotopic (exact) mass is 332 g/mol. The minimum absolute atomic E-state index is 0.0534. The van der Waals surface area contributed by atoms with Gasteiger partial charge in [-0.05, 0) is 30.0 Å². The van der Waals surface area contributed by atoms with Gasteiger partial charge >= 0.3 is 5.91 Å². The third kappa shape index (κ3) is 4.92. The summed E-state index contributed by atoms with van der Waals surface area (Å²) in [5, 5.41) is 21.3. The van der Waals surface area contributed by atoms with E-state index in [9.17, 15) is 9.90 Å². The number of hydroxylamine groups is 1. The van der Waals surface area contributed by atoms with Gasteiger partial charge in [0.05, 0.1) is 6.61 Å². The standard InChI is InChI=1S/C18H24N2O4/c1-12(2)9-15(11-21)19-10-13-3-5-14(6-4-13)16-7-8-17(24-16)18(22)20-23/h3-8,12,15,19,21,23H,9-11H2,1-2H3,(H,20,22)/t15-/m1/s1. The third-order valence-electron chi connectivity index (χ3n) is 3.74. The number of carbonyl (C=O) groups excluding carboxylic acids is 1. The first-order valence-electron chi connectivity index (χ1n) is 8.01. The lowest BCUT2D eigenvalue weighted by Gasteiger charge is -2.18. The summed E-state index contributed by atoms with van der Waals surface area (Å²) in [5.41, 5.74) is 3.48. The molecule has 0 saturated heterocycles. The molecule has 0 aliphatic carbocycles. The highest BCUT2D eigenvalue weighted by Gasteiger charge is 2.12. The highest BCUT2D eigenvalue weighted by Crippen LogP contribution is 2.22. The summed E-state index contributed by atoms with van der Waals surface area (Å²) in [5.74, 6) is 0.461. The molecule has 0 fully saturated rings. The van der Waals surface area contributed by atoms with Gasteiger partial charge in [-0.1, -0.05) is 38.1 Å². The fraction of sp³-hybridized carbons (Fsp3) is 0.389. The molecule has 1 amide bonds. The Balaban J connectivity index is 1.97. The predicted molar refractivity (Wildman–Crippen MR) is 90.6 cm³/mol. The van der Waals surface area contributed by atoms with E-state index in [1.54, 1.807) is 6.07 Å². The number of rotatable bonds is 8. The van der Waals surface area contributed by atoms with Crippen LogP contribution < -0.4 is 10.8 Å². The zero-order valence-electron chi connectivity index (χ0n) is 14.0. The van der Waals surface area contributed by atoms with Crippen molar-refractivity contribution in [1.82, 2.24) is 10.8 Å². The maximum absolute atomic E-state index is 11.3. The van der Waals surface area contributed by atoms with E-state index in [4.69, 9.17) is 9.62 Å². The molecule has 0 spiro atoms. The van der Waals surface area contributed by atoms with E-state index in [-0.39, 0.29) is 18.4 Å². The second-order valence-corrected chi connectivity index (χ2v) is 6.19. The van der Waals surface area contributed by atoms with Crippen molar-refractivity contribution in [3.05, 3.63) is 47.7 Å². The first kappa shape index (κ1) is 18.2. The molecule has 24 heavy (non-hydrogen) atoms. The molecule has 1 atom stereocenters. The van der Waals surface area contributed by atoms with Crippen molar-refractivity contribution < 1.29 is 19.5 Å². The quantitative estimate of drug-likeness (QED) is 0.440. The number of nitrogens with one attached hydrogen (secondary N) is 2. The van der Waals surface area contributed by atoms with Gasteiger partial charge in [-0.3, -0.25) is 10.0 Å². The summed E-state index contributed by atoms with van der Waals surface area (Å²) in [6.07, 6.45) is 0.927. The van der Waals surface area contributed by atoms with E-state index in [2.05, 4.69) is 19.2 Å². The van der Waals surface area contributed by atoms with Crippen molar-refractivity contribution >= 4 is 5.91 Å². The summed E-state index contributed by atoms with van der Waals surface area (Å²) in [6, 6.07) is 11.0. The summed E-state index contributed by atoms with van der Waals surface area (Å²) in [6.45, 7) is 5.06. The van der Waals surface area contributed by atoms with Crippen molar-refractivity contribution in [3.8, 4) is 11.3 Å². The molecule has 4 N–H and O–H groups in total. The number of hydrogen-bond acceptors (Lipinski definition) is 5. The average molecular weight is 332 g/mol. The van der Waals surface area contributed by atoms with Gasteiger partial charge in [0.15, 0.2) is 5.76 Å². The second-order valence-electron chi connectivity index (χ2n) is 6.19. The van der Waals surface area contributed by atoms with E-state index in [0.29, 0.717) is 18.2 Å². The van der Waals surface area contributed by atoms with Crippen LogP contribution in [-0.2, 0) is 6.54 Å². The molecule has 130 valence electrons. The van der Waals surface area contributed by atoms with Crippen molar-refractivity contribution in [1.29, 1.82) is 0 Å². The molecule has 1 heterocycles. The van der Waals surface area contributed by atoms with Crippen LogP contribution in [0.15, 0.2) is 40.8 Å². The topological polar surface area (TPSA) is 94.7 Å². The summed E-state index contributed by atoms with van der Waals surface area (Å²) in [7, 11) is 0. The van der Waals surface area contributed by atoms with Gasteiger partial charge in [0.1, 0.15) is 5.76 Å². The number of amides is 1. The minimum atomic E-state index is -0.678. The number of benzene rings is 1. The van der Waals surface area contributed by atoms with Crippen molar-refractivity contribution in [2.45, 2.75) is 32.9 Å². The van der Waals surface area contributed by atoms with Crippen LogP contribution in [0.4, 0.5) is 0 Å². The molecule has 0 aliphatic heterocycles. The Morgan fingerprint density at radius 3 is 2.46 bits per heavy atom. The Labute approximate surface area is 141 Å². The molecule has 6 nitrogen and oxygen atoms in total. The Morgan fingerprint density at radius 1 is 1.17 bits per heavy atom. The molecule has 1 aromatic carbocycles. The van der Waals surface area contributed by atoms with E-state index in [0.717, 1.165) is 17.5 Å². The number of carbonyl (C=O) groups is 1. The maximum Gasteiger partial charge on any atom is 0.310 e. The smallest absolute Gasteiger partial charge is 0.310 e. The lowest BCUT2D eigenvalue weighted by Crippen LogP contribution is -2.33. The molecule has 0 bridgehead atoms. The number of hydrogen-bond donors (Lipinski definition) is 4. The van der Waals surface area contributed by atoms with Crippen LogP contribution in [0.2, 0.25) is 0 Å². The molecule has 2 aromatic rings. The highest BCUT2D eigenvalue weighted by molar-refractivity contribution is 5.91. The lowest BCUT2D eigenvalue weighted by atomic mass is 10.0. The molecule has 0 unspecified atom stereocenters. The number of aliphatic hydroxyl groups is 1. The molecular weight excluding hydrogens is 308 g/mol. The Morgan fingerprint density at radius 2 is 1.88 bits per heavy atom. The minimum Gasteiger partial charge on any atom is -0.451 e. The highest BCUT2D eigenvalue weighted by atomic mass is 16.5. The molecule has 0 saturated carbocycles. The third-order valence-corrected chi connectivity index (χ3v) is 3.74. The van der Waals surface area contributed by atoms with Gasteiger partial charge in [-0.25, -0.2) is 5.48 Å². The van der Waals surface area contributed by atoms with Gasteiger partial charge in [0.2, 0.25) is 0 Å². The Bertz CT molecular complexity index is 649. The van der Waals surface area contributed by atoms with E-state index < -0.39 is 5.91 Å². The molecule has 0 aliphatic rings. The molecular formula is C18H24N2O4. The van der Waals surface area contributed by atoms with Crippen molar-refractivity contribution in [2.24, 2.45) is 5.92 Å². The summed E-state index contributed by atoms with van der Waals surface area (Å²) in [4.78, 5) is 11.3. The van der Waals surface area contributed by atoms with E-state index >= 15 is 0 Å². The summed E-state index contributed by atoms with van der Waals surface area (Å²) >= 11 is 0. The van der Waals surface area contributed by atoms with Crippen LogP contribution >= 0.6 is 0 Å². The van der Waals surface area contributed by atoms with Crippen LogP contribution in [0.1, 0.15) is 36.4 Å². The van der Waals surface area contributed by atoms with Crippen LogP contribution in [0.25, 0.3) is 11.3 Å².